The molecule has 31 heavy (non-hydrogen) atoms. The SMILES string of the molecule is C[C@H]1CC(=O)Nc2ccccc2N1C(=O)COC(=O)c1ccccc1-c1ccccc1. The van der Waals surface area contributed by atoms with Crippen molar-refractivity contribution in [3.8, 4) is 11.1 Å². The summed E-state index contributed by atoms with van der Waals surface area (Å²) in [6.07, 6.45) is 0.158. The molecule has 0 fully saturated rings. The zero-order chi connectivity index (χ0) is 21.8. The summed E-state index contributed by atoms with van der Waals surface area (Å²) in [5.74, 6) is -1.12. The highest BCUT2D eigenvalue weighted by Gasteiger charge is 2.30. The maximum atomic E-state index is 13.0. The molecule has 1 N–H and O–H groups in total. The van der Waals surface area contributed by atoms with E-state index in [0.29, 0.717) is 16.9 Å². The molecule has 0 aromatic heterocycles. The van der Waals surface area contributed by atoms with Gasteiger partial charge in [0.1, 0.15) is 0 Å². The Morgan fingerprint density at radius 2 is 1.65 bits per heavy atom. The van der Waals surface area contributed by atoms with E-state index in [4.69, 9.17) is 4.74 Å². The number of anilines is 2. The maximum Gasteiger partial charge on any atom is 0.339 e. The van der Waals surface area contributed by atoms with Gasteiger partial charge in [0.05, 0.1) is 16.9 Å². The first kappa shape index (κ1) is 20.3. The van der Waals surface area contributed by atoms with Crippen LogP contribution in [0.15, 0.2) is 78.9 Å². The molecule has 1 atom stereocenters. The molecule has 0 aliphatic carbocycles. The van der Waals surface area contributed by atoms with Crippen LogP contribution in [0, 0.1) is 0 Å². The van der Waals surface area contributed by atoms with Crippen LogP contribution in [0.1, 0.15) is 23.7 Å². The number of hydrogen-bond donors (Lipinski definition) is 1. The van der Waals surface area contributed by atoms with Crippen molar-refractivity contribution in [2.24, 2.45) is 0 Å². The standard InChI is InChI=1S/C25H22N2O4/c1-17-15-23(28)26-21-13-7-8-14-22(21)27(17)24(29)16-31-25(30)20-12-6-5-11-19(20)18-9-3-2-4-10-18/h2-14,17H,15-16H2,1H3,(H,26,28)/t17-/m0/s1. The number of carbonyl (C=O) groups is 3. The van der Waals surface area contributed by atoms with Crippen LogP contribution in [0.4, 0.5) is 11.4 Å². The summed E-state index contributed by atoms with van der Waals surface area (Å²) in [7, 11) is 0. The van der Waals surface area contributed by atoms with Gasteiger partial charge in [-0.05, 0) is 36.2 Å². The second kappa shape index (κ2) is 8.83. The van der Waals surface area contributed by atoms with Crippen LogP contribution < -0.4 is 10.2 Å². The van der Waals surface area contributed by atoms with Gasteiger partial charge in [-0.2, -0.15) is 0 Å². The number of esters is 1. The lowest BCUT2D eigenvalue weighted by Gasteiger charge is -2.27. The largest absolute Gasteiger partial charge is 0.452 e. The highest BCUT2D eigenvalue weighted by atomic mass is 16.5. The fourth-order valence-corrected chi connectivity index (χ4v) is 3.77. The van der Waals surface area contributed by atoms with Crippen LogP contribution in [0.3, 0.4) is 0 Å². The molecular formula is C25H22N2O4. The number of fused-ring (bicyclic) bond motifs is 1. The predicted molar refractivity (Wildman–Crippen MR) is 119 cm³/mol. The van der Waals surface area contributed by atoms with Gasteiger partial charge in [0.15, 0.2) is 6.61 Å². The summed E-state index contributed by atoms with van der Waals surface area (Å²) in [5.41, 5.74) is 3.17. The summed E-state index contributed by atoms with van der Waals surface area (Å²) >= 11 is 0. The van der Waals surface area contributed by atoms with E-state index in [1.165, 1.54) is 4.90 Å². The van der Waals surface area contributed by atoms with Gasteiger partial charge in [0.2, 0.25) is 5.91 Å². The monoisotopic (exact) mass is 414 g/mol. The van der Waals surface area contributed by atoms with Crippen molar-refractivity contribution < 1.29 is 19.1 Å². The van der Waals surface area contributed by atoms with Crippen LogP contribution in [-0.2, 0) is 14.3 Å². The number of rotatable bonds is 4. The average molecular weight is 414 g/mol. The fourth-order valence-electron chi connectivity index (χ4n) is 3.77. The van der Waals surface area contributed by atoms with Gasteiger partial charge in [0, 0.05) is 12.5 Å². The zero-order valence-corrected chi connectivity index (χ0v) is 17.1. The number of hydrogen-bond acceptors (Lipinski definition) is 4. The second-order valence-electron chi connectivity index (χ2n) is 7.37. The smallest absolute Gasteiger partial charge is 0.339 e. The third-order valence-corrected chi connectivity index (χ3v) is 5.19. The summed E-state index contributed by atoms with van der Waals surface area (Å²) in [6, 6.07) is 23.4. The van der Waals surface area contributed by atoms with Crippen molar-refractivity contribution >= 4 is 29.2 Å². The Morgan fingerprint density at radius 3 is 2.45 bits per heavy atom. The summed E-state index contributed by atoms with van der Waals surface area (Å²) in [5, 5.41) is 2.81. The molecule has 0 radical (unpaired) electrons. The van der Waals surface area contributed by atoms with Crippen molar-refractivity contribution in [3.63, 3.8) is 0 Å². The zero-order valence-electron chi connectivity index (χ0n) is 17.1. The van der Waals surface area contributed by atoms with Crippen LogP contribution in [0.5, 0.6) is 0 Å². The van der Waals surface area contributed by atoms with Gasteiger partial charge < -0.3 is 15.0 Å². The lowest BCUT2D eigenvalue weighted by Crippen LogP contribution is -2.41. The molecule has 1 aliphatic rings. The molecular weight excluding hydrogens is 392 g/mol. The van der Waals surface area contributed by atoms with E-state index in [0.717, 1.165) is 11.1 Å². The first-order valence-electron chi connectivity index (χ1n) is 10.1. The molecule has 0 saturated carbocycles. The summed E-state index contributed by atoms with van der Waals surface area (Å²) in [6.45, 7) is 1.38. The van der Waals surface area contributed by atoms with Crippen molar-refractivity contribution in [1.82, 2.24) is 0 Å². The summed E-state index contributed by atoms with van der Waals surface area (Å²) in [4.78, 5) is 39.5. The predicted octanol–water partition coefficient (Wildman–Crippen LogP) is 4.27. The molecule has 3 aromatic rings. The van der Waals surface area contributed by atoms with Gasteiger partial charge >= 0.3 is 5.97 Å². The van der Waals surface area contributed by atoms with E-state index in [1.807, 2.05) is 42.5 Å². The molecule has 6 nitrogen and oxygen atoms in total. The molecule has 1 aliphatic heterocycles. The quantitative estimate of drug-likeness (QED) is 0.647. The fraction of sp³-hybridized carbons (Fsp3) is 0.160. The molecule has 0 saturated heterocycles. The Balaban J connectivity index is 1.53. The van der Waals surface area contributed by atoms with Crippen LogP contribution >= 0.6 is 0 Å². The van der Waals surface area contributed by atoms with Gasteiger partial charge in [0.25, 0.3) is 5.91 Å². The van der Waals surface area contributed by atoms with E-state index in [1.54, 1.807) is 43.3 Å². The number of carbonyl (C=O) groups excluding carboxylic acids is 3. The minimum Gasteiger partial charge on any atom is -0.452 e. The number of amides is 2. The van der Waals surface area contributed by atoms with E-state index in [9.17, 15) is 14.4 Å². The third-order valence-electron chi connectivity index (χ3n) is 5.19. The van der Waals surface area contributed by atoms with Gasteiger partial charge in [-0.25, -0.2) is 4.79 Å². The van der Waals surface area contributed by atoms with Crippen LogP contribution in [0.2, 0.25) is 0 Å². The number of benzene rings is 3. The normalized spacial score (nSPS) is 15.5. The Kier molecular flexibility index (Phi) is 5.80. The van der Waals surface area contributed by atoms with E-state index >= 15 is 0 Å². The molecule has 4 rings (SSSR count). The molecule has 0 unspecified atom stereocenters. The minimum atomic E-state index is -0.572. The topological polar surface area (TPSA) is 75.7 Å². The van der Waals surface area contributed by atoms with Gasteiger partial charge in [-0.15, -0.1) is 0 Å². The second-order valence-corrected chi connectivity index (χ2v) is 7.37. The Morgan fingerprint density at radius 1 is 0.968 bits per heavy atom. The minimum absolute atomic E-state index is 0.158. The Labute approximate surface area is 180 Å². The number of ether oxygens (including phenoxy) is 1. The van der Waals surface area contributed by atoms with Crippen LogP contribution in [0.25, 0.3) is 11.1 Å². The molecule has 6 heteroatoms. The maximum absolute atomic E-state index is 13.0. The lowest BCUT2D eigenvalue weighted by atomic mass is 10.00. The highest BCUT2D eigenvalue weighted by molar-refractivity contribution is 6.05. The molecule has 0 spiro atoms. The molecule has 2 amide bonds. The first-order chi connectivity index (χ1) is 15.0. The molecule has 0 bridgehead atoms. The first-order valence-corrected chi connectivity index (χ1v) is 10.1. The van der Waals surface area contributed by atoms with Crippen molar-refractivity contribution in [2.45, 2.75) is 19.4 Å². The van der Waals surface area contributed by atoms with Crippen LogP contribution in [-0.4, -0.2) is 30.4 Å². The number of nitrogens with one attached hydrogen (secondary N) is 1. The van der Waals surface area contributed by atoms with Crippen molar-refractivity contribution in [2.75, 3.05) is 16.8 Å². The van der Waals surface area contributed by atoms with Gasteiger partial charge in [-0.3, -0.25) is 9.59 Å². The van der Waals surface area contributed by atoms with E-state index in [2.05, 4.69) is 5.32 Å². The van der Waals surface area contributed by atoms with E-state index in [-0.39, 0.29) is 24.3 Å². The molecule has 156 valence electrons. The van der Waals surface area contributed by atoms with Crippen molar-refractivity contribution in [3.05, 3.63) is 84.4 Å². The molecule has 3 aromatic carbocycles. The van der Waals surface area contributed by atoms with Crippen molar-refractivity contribution in [1.29, 1.82) is 0 Å². The average Bonchev–Trinajstić information content (AvgIpc) is 2.92. The van der Waals surface area contributed by atoms with E-state index < -0.39 is 12.6 Å². The number of nitrogens with zero attached hydrogens (tertiary/aromatic N) is 1. The Hall–Kier alpha value is -3.93. The van der Waals surface area contributed by atoms with Gasteiger partial charge in [-0.1, -0.05) is 60.7 Å². The lowest BCUT2D eigenvalue weighted by molar-refractivity contribution is -0.122. The Bertz CT molecular complexity index is 1130. The third kappa shape index (κ3) is 4.33. The molecule has 1 heterocycles. The highest BCUT2D eigenvalue weighted by Crippen LogP contribution is 2.31. The summed E-state index contributed by atoms with van der Waals surface area (Å²) < 4.78 is 5.40. The number of para-hydroxylation sites is 2.